The van der Waals surface area contributed by atoms with Crippen LogP contribution in [0.15, 0.2) is 36.4 Å². The third-order valence-electron chi connectivity index (χ3n) is 3.23. The molecule has 0 radical (unpaired) electrons. The lowest BCUT2D eigenvalue weighted by atomic mass is 10.1. The zero-order valence-corrected chi connectivity index (χ0v) is 11.5. The van der Waals surface area contributed by atoms with Crippen molar-refractivity contribution < 1.29 is 17.6 Å². The van der Waals surface area contributed by atoms with E-state index in [1.54, 1.807) is 6.92 Å². The lowest BCUT2D eigenvalue weighted by Crippen LogP contribution is -2.21. The van der Waals surface area contributed by atoms with Crippen LogP contribution in [0.2, 0.25) is 0 Å². The van der Waals surface area contributed by atoms with Crippen molar-refractivity contribution in [3.8, 4) is 0 Å². The second kappa shape index (κ2) is 6.72. The lowest BCUT2D eigenvalue weighted by Gasteiger charge is -2.14. The van der Waals surface area contributed by atoms with Gasteiger partial charge in [-0.1, -0.05) is 6.07 Å². The van der Waals surface area contributed by atoms with Crippen LogP contribution in [0.4, 0.5) is 17.6 Å². The number of hydrogen-bond acceptors (Lipinski definition) is 1. The third-order valence-corrected chi connectivity index (χ3v) is 3.23. The Hall–Kier alpha value is -1.88. The first-order valence-corrected chi connectivity index (χ1v) is 6.59. The van der Waals surface area contributed by atoms with Crippen LogP contribution in [0.1, 0.15) is 24.1 Å². The van der Waals surface area contributed by atoms with Gasteiger partial charge >= 0.3 is 0 Å². The van der Waals surface area contributed by atoms with Gasteiger partial charge in [-0.3, -0.25) is 0 Å². The van der Waals surface area contributed by atoms with E-state index >= 15 is 0 Å². The molecular weight excluding hydrogens is 282 g/mol. The molecule has 0 bridgehead atoms. The Balaban J connectivity index is 1.91. The molecule has 21 heavy (non-hydrogen) atoms. The van der Waals surface area contributed by atoms with Crippen LogP contribution in [0.5, 0.6) is 0 Å². The van der Waals surface area contributed by atoms with E-state index < -0.39 is 23.3 Å². The molecule has 0 aromatic heterocycles. The number of benzene rings is 2. The minimum Gasteiger partial charge on any atom is -0.310 e. The van der Waals surface area contributed by atoms with Crippen LogP contribution < -0.4 is 5.32 Å². The summed E-state index contributed by atoms with van der Waals surface area (Å²) in [7, 11) is 0. The van der Waals surface area contributed by atoms with E-state index in [1.807, 2.05) is 0 Å². The summed E-state index contributed by atoms with van der Waals surface area (Å²) in [6, 6.07) is 6.87. The predicted molar refractivity (Wildman–Crippen MR) is 72.8 cm³/mol. The van der Waals surface area contributed by atoms with Gasteiger partial charge in [0.1, 0.15) is 11.6 Å². The SMILES string of the molecule is CC(NCCc1cc(F)cc(F)c1)c1ccc(F)c(F)c1. The summed E-state index contributed by atoms with van der Waals surface area (Å²) in [6.45, 7) is 2.27. The minimum atomic E-state index is -0.895. The molecule has 1 N–H and O–H groups in total. The average Bonchev–Trinajstić information content (AvgIpc) is 2.40. The van der Waals surface area contributed by atoms with Crippen LogP contribution in [-0.2, 0) is 6.42 Å². The van der Waals surface area contributed by atoms with Gasteiger partial charge in [-0.05, 0) is 55.3 Å². The lowest BCUT2D eigenvalue weighted by molar-refractivity contribution is 0.501. The van der Waals surface area contributed by atoms with Crippen molar-refractivity contribution >= 4 is 0 Å². The summed E-state index contributed by atoms with van der Waals surface area (Å²) in [5.41, 5.74) is 1.15. The van der Waals surface area contributed by atoms with Gasteiger partial charge in [-0.2, -0.15) is 0 Å². The molecule has 0 aliphatic rings. The van der Waals surface area contributed by atoms with Crippen LogP contribution in [0.3, 0.4) is 0 Å². The summed E-state index contributed by atoms with van der Waals surface area (Å²) in [6.07, 6.45) is 0.433. The van der Waals surface area contributed by atoms with E-state index in [1.165, 1.54) is 18.2 Å². The number of halogens is 4. The highest BCUT2D eigenvalue weighted by Gasteiger charge is 2.09. The van der Waals surface area contributed by atoms with Crippen molar-refractivity contribution in [2.45, 2.75) is 19.4 Å². The Bertz CT molecular complexity index is 607. The van der Waals surface area contributed by atoms with Gasteiger partial charge in [0.15, 0.2) is 11.6 Å². The first-order chi connectivity index (χ1) is 9.95. The monoisotopic (exact) mass is 297 g/mol. The second-order valence-corrected chi connectivity index (χ2v) is 4.88. The Morgan fingerprint density at radius 2 is 1.57 bits per heavy atom. The highest BCUT2D eigenvalue weighted by Crippen LogP contribution is 2.16. The quantitative estimate of drug-likeness (QED) is 0.818. The average molecular weight is 297 g/mol. The molecule has 0 aliphatic carbocycles. The highest BCUT2D eigenvalue weighted by atomic mass is 19.2. The maximum atomic E-state index is 13.1. The fraction of sp³-hybridized carbons (Fsp3) is 0.250. The van der Waals surface area contributed by atoms with E-state index in [-0.39, 0.29) is 6.04 Å². The Morgan fingerprint density at radius 3 is 2.19 bits per heavy atom. The van der Waals surface area contributed by atoms with Crippen LogP contribution in [0.25, 0.3) is 0 Å². The predicted octanol–water partition coefficient (Wildman–Crippen LogP) is 4.14. The molecule has 0 saturated carbocycles. The van der Waals surface area contributed by atoms with Gasteiger partial charge in [-0.15, -0.1) is 0 Å². The molecule has 2 aromatic carbocycles. The molecule has 0 saturated heterocycles. The summed E-state index contributed by atoms with van der Waals surface area (Å²) in [4.78, 5) is 0. The molecule has 0 heterocycles. The molecule has 112 valence electrons. The molecule has 2 rings (SSSR count). The van der Waals surface area contributed by atoms with Crippen LogP contribution in [-0.4, -0.2) is 6.54 Å². The van der Waals surface area contributed by atoms with Crippen molar-refractivity contribution in [1.29, 1.82) is 0 Å². The standard InChI is InChI=1S/C16H15F4N/c1-10(12-2-3-15(19)16(20)8-12)21-5-4-11-6-13(17)9-14(18)7-11/h2-3,6-10,21H,4-5H2,1H3. The molecular formula is C16H15F4N. The van der Waals surface area contributed by atoms with Crippen LogP contribution >= 0.6 is 0 Å². The summed E-state index contributed by atoms with van der Waals surface area (Å²) in [5.74, 6) is -3.01. The smallest absolute Gasteiger partial charge is 0.159 e. The Morgan fingerprint density at radius 1 is 0.905 bits per heavy atom. The number of nitrogens with one attached hydrogen (secondary N) is 1. The zero-order chi connectivity index (χ0) is 15.4. The second-order valence-electron chi connectivity index (χ2n) is 4.88. The van der Waals surface area contributed by atoms with Crippen molar-refractivity contribution in [2.75, 3.05) is 6.54 Å². The summed E-state index contributed by atoms with van der Waals surface area (Å²) in [5, 5.41) is 3.10. The fourth-order valence-electron chi connectivity index (χ4n) is 2.09. The summed E-state index contributed by atoms with van der Waals surface area (Å²) < 4.78 is 52.0. The van der Waals surface area contributed by atoms with Gasteiger partial charge in [0.05, 0.1) is 0 Å². The maximum Gasteiger partial charge on any atom is 0.159 e. The molecule has 1 nitrogen and oxygen atoms in total. The number of hydrogen-bond donors (Lipinski definition) is 1. The van der Waals surface area contributed by atoms with Crippen molar-refractivity contribution in [3.63, 3.8) is 0 Å². The molecule has 0 amide bonds. The molecule has 0 aliphatic heterocycles. The van der Waals surface area contributed by atoms with Crippen molar-refractivity contribution in [2.24, 2.45) is 0 Å². The molecule has 2 aromatic rings. The maximum absolute atomic E-state index is 13.1. The zero-order valence-electron chi connectivity index (χ0n) is 11.5. The van der Waals surface area contributed by atoms with E-state index in [4.69, 9.17) is 0 Å². The first kappa shape index (κ1) is 15.5. The fourth-order valence-corrected chi connectivity index (χ4v) is 2.09. The van der Waals surface area contributed by atoms with E-state index in [9.17, 15) is 17.6 Å². The topological polar surface area (TPSA) is 12.0 Å². The minimum absolute atomic E-state index is 0.196. The molecule has 1 atom stereocenters. The first-order valence-electron chi connectivity index (χ1n) is 6.59. The molecule has 0 fully saturated rings. The normalized spacial score (nSPS) is 12.4. The molecule has 5 heteroatoms. The Labute approximate surface area is 120 Å². The molecule has 1 unspecified atom stereocenters. The van der Waals surface area contributed by atoms with E-state index in [2.05, 4.69) is 5.32 Å². The molecule has 0 spiro atoms. The number of rotatable bonds is 5. The van der Waals surface area contributed by atoms with Gasteiger partial charge in [-0.25, -0.2) is 17.6 Å². The van der Waals surface area contributed by atoms with Gasteiger partial charge < -0.3 is 5.32 Å². The van der Waals surface area contributed by atoms with E-state index in [0.29, 0.717) is 24.1 Å². The van der Waals surface area contributed by atoms with Crippen molar-refractivity contribution in [3.05, 3.63) is 70.8 Å². The van der Waals surface area contributed by atoms with Gasteiger partial charge in [0, 0.05) is 12.1 Å². The summed E-state index contributed by atoms with van der Waals surface area (Å²) >= 11 is 0. The van der Waals surface area contributed by atoms with Crippen molar-refractivity contribution in [1.82, 2.24) is 5.32 Å². The Kier molecular flexibility index (Phi) is 4.96. The van der Waals surface area contributed by atoms with Gasteiger partial charge in [0.2, 0.25) is 0 Å². The van der Waals surface area contributed by atoms with Crippen LogP contribution in [0, 0.1) is 23.3 Å². The third kappa shape index (κ3) is 4.29. The largest absolute Gasteiger partial charge is 0.310 e. The van der Waals surface area contributed by atoms with Gasteiger partial charge in [0.25, 0.3) is 0 Å². The highest BCUT2D eigenvalue weighted by molar-refractivity contribution is 5.21. The van der Waals surface area contributed by atoms with E-state index in [0.717, 1.165) is 18.2 Å².